The summed E-state index contributed by atoms with van der Waals surface area (Å²) in [5.74, 6) is -0.461. The predicted molar refractivity (Wildman–Crippen MR) is 88.6 cm³/mol. The number of carbonyl (C=O) groups is 1. The second kappa shape index (κ2) is 7.36. The maximum atomic E-state index is 12.3. The van der Waals surface area contributed by atoms with Crippen LogP contribution in [-0.2, 0) is 14.8 Å². The fourth-order valence-corrected chi connectivity index (χ4v) is 3.93. The molecule has 1 aliphatic rings. The number of halogens is 2. The number of ether oxygens (including phenoxy) is 1. The number of hydrogen-bond donors (Lipinski definition) is 1. The highest BCUT2D eigenvalue weighted by Crippen LogP contribution is 2.30. The molecule has 0 bridgehead atoms. The van der Waals surface area contributed by atoms with Crippen LogP contribution in [0.5, 0.6) is 0 Å². The van der Waals surface area contributed by atoms with Crippen LogP contribution in [-0.4, -0.2) is 52.0 Å². The molecule has 1 aliphatic heterocycles. The van der Waals surface area contributed by atoms with E-state index in [2.05, 4.69) is 5.32 Å². The average molecular weight is 381 g/mol. The lowest BCUT2D eigenvalue weighted by molar-refractivity contribution is 0.0857. The van der Waals surface area contributed by atoms with Crippen molar-refractivity contribution < 1.29 is 17.9 Å². The molecular formula is C14H18Cl2N2O4S. The van der Waals surface area contributed by atoms with Gasteiger partial charge in [-0.05, 0) is 25.0 Å². The van der Waals surface area contributed by atoms with E-state index in [0.717, 1.165) is 17.1 Å². The Balaban J connectivity index is 2.26. The molecule has 0 aromatic heterocycles. The topological polar surface area (TPSA) is 75.7 Å². The molecule has 1 atom stereocenters. The third kappa shape index (κ3) is 4.16. The third-order valence-electron chi connectivity index (χ3n) is 3.54. The number of nitrogens with zero attached hydrogens (tertiary/aromatic N) is 1. The van der Waals surface area contributed by atoms with Crippen molar-refractivity contribution in [2.45, 2.75) is 23.8 Å². The summed E-state index contributed by atoms with van der Waals surface area (Å²) >= 11 is 12.0. The van der Waals surface area contributed by atoms with Crippen LogP contribution in [0.3, 0.4) is 0 Å². The number of hydrogen-bond acceptors (Lipinski definition) is 4. The summed E-state index contributed by atoms with van der Waals surface area (Å²) < 4.78 is 31.0. The van der Waals surface area contributed by atoms with Gasteiger partial charge in [0.25, 0.3) is 5.91 Å². The van der Waals surface area contributed by atoms with E-state index in [1.165, 1.54) is 26.2 Å². The Morgan fingerprint density at radius 3 is 2.61 bits per heavy atom. The van der Waals surface area contributed by atoms with Crippen LogP contribution in [0.15, 0.2) is 17.0 Å². The second-order valence-corrected chi connectivity index (χ2v) is 8.33. The maximum Gasteiger partial charge on any atom is 0.252 e. The Labute approximate surface area is 145 Å². The first-order chi connectivity index (χ1) is 10.7. The molecule has 0 spiro atoms. The molecule has 1 N–H and O–H groups in total. The van der Waals surface area contributed by atoms with E-state index in [0.29, 0.717) is 13.2 Å². The molecule has 1 aromatic rings. The Morgan fingerprint density at radius 2 is 2.04 bits per heavy atom. The molecule has 1 aromatic carbocycles. The quantitative estimate of drug-likeness (QED) is 0.848. The Morgan fingerprint density at radius 1 is 1.35 bits per heavy atom. The molecule has 0 saturated carbocycles. The molecule has 6 nitrogen and oxygen atoms in total. The van der Waals surface area contributed by atoms with Gasteiger partial charge >= 0.3 is 0 Å². The largest absolute Gasteiger partial charge is 0.376 e. The van der Waals surface area contributed by atoms with Gasteiger partial charge in [-0.15, -0.1) is 0 Å². The van der Waals surface area contributed by atoms with Crippen LogP contribution in [0.2, 0.25) is 10.0 Å². The fourth-order valence-electron chi connectivity index (χ4n) is 2.20. The van der Waals surface area contributed by atoms with Crippen molar-refractivity contribution >= 4 is 39.1 Å². The van der Waals surface area contributed by atoms with Crippen molar-refractivity contribution in [3.05, 3.63) is 27.7 Å². The van der Waals surface area contributed by atoms with Crippen LogP contribution in [0.25, 0.3) is 0 Å². The van der Waals surface area contributed by atoms with Gasteiger partial charge in [0.05, 0.1) is 21.7 Å². The Hall–Kier alpha value is -0.860. The summed E-state index contributed by atoms with van der Waals surface area (Å²) in [6.45, 7) is 1.04. The monoisotopic (exact) mass is 380 g/mol. The number of rotatable bonds is 5. The van der Waals surface area contributed by atoms with Crippen molar-refractivity contribution in [3.8, 4) is 0 Å². The van der Waals surface area contributed by atoms with Crippen LogP contribution < -0.4 is 5.32 Å². The van der Waals surface area contributed by atoms with Crippen molar-refractivity contribution in [1.82, 2.24) is 9.62 Å². The predicted octanol–water partition coefficient (Wildman–Crippen LogP) is 2.15. The summed E-state index contributed by atoms with van der Waals surface area (Å²) in [4.78, 5) is 12.1. The Bertz CT molecular complexity index is 701. The van der Waals surface area contributed by atoms with Crippen LogP contribution in [0, 0.1) is 0 Å². The van der Waals surface area contributed by atoms with E-state index >= 15 is 0 Å². The molecule has 0 aliphatic carbocycles. The van der Waals surface area contributed by atoms with Crippen LogP contribution >= 0.6 is 23.2 Å². The minimum Gasteiger partial charge on any atom is -0.376 e. The molecule has 1 heterocycles. The van der Waals surface area contributed by atoms with Crippen molar-refractivity contribution in [2.24, 2.45) is 0 Å². The van der Waals surface area contributed by atoms with E-state index in [1.54, 1.807) is 0 Å². The molecule has 128 valence electrons. The van der Waals surface area contributed by atoms with Crippen LogP contribution in [0.1, 0.15) is 23.2 Å². The van der Waals surface area contributed by atoms with Gasteiger partial charge in [0.15, 0.2) is 0 Å². The van der Waals surface area contributed by atoms with Gasteiger partial charge in [0.2, 0.25) is 10.0 Å². The van der Waals surface area contributed by atoms with E-state index < -0.39 is 15.9 Å². The zero-order valence-corrected chi connectivity index (χ0v) is 15.1. The van der Waals surface area contributed by atoms with Crippen molar-refractivity contribution in [3.63, 3.8) is 0 Å². The molecule has 0 radical (unpaired) electrons. The lowest BCUT2D eigenvalue weighted by Gasteiger charge is -2.15. The van der Waals surface area contributed by atoms with Gasteiger partial charge in [-0.3, -0.25) is 4.79 Å². The summed E-state index contributed by atoms with van der Waals surface area (Å²) in [6.07, 6.45) is 1.83. The highest BCUT2D eigenvalue weighted by atomic mass is 35.5. The number of benzene rings is 1. The van der Waals surface area contributed by atoms with E-state index in [4.69, 9.17) is 27.9 Å². The normalized spacial score (nSPS) is 18.4. The highest BCUT2D eigenvalue weighted by molar-refractivity contribution is 7.89. The number of carbonyl (C=O) groups excluding carboxylic acids is 1. The number of sulfonamides is 1. The summed E-state index contributed by atoms with van der Waals surface area (Å²) in [5.41, 5.74) is 0.0643. The minimum absolute atomic E-state index is 0.0185. The zero-order chi connectivity index (χ0) is 17.2. The molecule has 2 rings (SSSR count). The van der Waals surface area contributed by atoms with Gasteiger partial charge in [-0.1, -0.05) is 23.2 Å². The second-order valence-electron chi connectivity index (χ2n) is 5.39. The lowest BCUT2D eigenvalue weighted by atomic mass is 10.2. The molecule has 23 heavy (non-hydrogen) atoms. The number of nitrogens with one attached hydrogen (secondary N) is 1. The summed E-state index contributed by atoms with van der Waals surface area (Å²) in [7, 11) is -1.00. The standard InChI is InChI=1S/C14H18Cl2N2O4S/c1-18(2)23(20,21)13-6-10(11(15)7-12(13)16)14(19)17-8-9-4-3-5-22-9/h6-7,9H,3-5,8H2,1-2H3,(H,17,19)/t9-/m0/s1. The molecule has 0 unspecified atom stereocenters. The van der Waals surface area contributed by atoms with Gasteiger partial charge < -0.3 is 10.1 Å². The lowest BCUT2D eigenvalue weighted by Crippen LogP contribution is -2.32. The third-order valence-corrected chi connectivity index (χ3v) is 6.13. The summed E-state index contributed by atoms with van der Waals surface area (Å²) in [6, 6.07) is 2.46. The smallest absolute Gasteiger partial charge is 0.252 e. The summed E-state index contributed by atoms with van der Waals surface area (Å²) in [5, 5.41) is 2.78. The van der Waals surface area contributed by atoms with Gasteiger partial charge in [-0.25, -0.2) is 12.7 Å². The molecule has 9 heteroatoms. The first-order valence-electron chi connectivity index (χ1n) is 7.05. The maximum absolute atomic E-state index is 12.3. The average Bonchev–Trinajstić information content (AvgIpc) is 2.97. The number of amides is 1. The van der Waals surface area contributed by atoms with Crippen molar-refractivity contribution in [2.75, 3.05) is 27.2 Å². The van der Waals surface area contributed by atoms with Gasteiger partial charge in [-0.2, -0.15) is 0 Å². The van der Waals surface area contributed by atoms with Crippen LogP contribution in [0.4, 0.5) is 0 Å². The Kier molecular flexibility index (Phi) is 5.91. The highest BCUT2D eigenvalue weighted by Gasteiger charge is 2.25. The first kappa shape index (κ1) is 18.5. The van der Waals surface area contributed by atoms with E-state index in [1.807, 2.05) is 0 Å². The zero-order valence-electron chi connectivity index (χ0n) is 12.8. The van der Waals surface area contributed by atoms with Gasteiger partial charge in [0.1, 0.15) is 4.90 Å². The molecule has 1 fully saturated rings. The SMILES string of the molecule is CN(C)S(=O)(=O)c1cc(C(=O)NC[C@@H]2CCCO2)c(Cl)cc1Cl. The van der Waals surface area contributed by atoms with E-state index in [9.17, 15) is 13.2 Å². The molecular weight excluding hydrogens is 363 g/mol. The minimum atomic E-state index is -3.77. The van der Waals surface area contributed by atoms with E-state index in [-0.39, 0.29) is 26.6 Å². The van der Waals surface area contributed by atoms with Gasteiger partial charge in [0, 0.05) is 27.2 Å². The van der Waals surface area contributed by atoms with Crippen molar-refractivity contribution in [1.29, 1.82) is 0 Å². The fraction of sp³-hybridized carbons (Fsp3) is 0.500. The first-order valence-corrected chi connectivity index (χ1v) is 9.24. The molecule has 1 amide bonds. The molecule has 1 saturated heterocycles.